The van der Waals surface area contributed by atoms with Crippen molar-refractivity contribution in [1.82, 2.24) is 4.98 Å². The molecule has 1 aromatic rings. The van der Waals surface area contributed by atoms with Crippen LogP contribution in [0, 0.1) is 6.92 Å². The monoisotopic (exact) mass is 294 g/mol. The molecule has 1 atom stereocenters. The van der Waals surface area contributed by atoms with Gasteiger partial charge >= 0.3 is 0 Å². The van der Waals surface area contributed by atoms with Crippen LogP contribution in [-0.4, -0.2) is 22.1 Å². The van der Waals surface area contributed by atoms with Gasteiger partial charge in [-0.1, -0.05) is 11.3 Å². The smallest absolute Gasteiger partial charge is 0.236 e. The van der Waals surface area contributed by atoms with E-state index in [1.807, 2.05) is 27.7 Å². The Labute approximate surface area is 102 Å². The summed E-state index contributed by atoms with van der Waals surface area (Å²) in [6.45, 7) is 7.52. The Morgan fingerprint density at radius 2 is 2.13 bits per heavy atom. The lowest BCUT2D eigenvalue weighted by molar-refractivity contribution is -0.148. The van der Waals surface area contributed by atoms with Gasteiger partial charge in [-0.3, -0.25) is 0 Å². The van der Waals surface area contributed by atoms with Gasteiger partial charge in [0.1, 0.15) is 5.00 Å². The topological polar surface area (TPSA) is 54.4 Å². The van der Waals surface area contributed by atoms with Crippen molar-refractivity contribution in [3.05, 3.63) is 9.61 Å². The zero-order valence-corrected chi connectivity index (χ0v) is 11.6. The summed E-state index contributed by atoms with van der Waals surface area (Å²) in [6, 6.07) is 0. The number of anilines is 1. The number of aryl methyl sites for hydroxylation is 1. The summed E-state index contributed by atoms with van der Waals surface area (Å²) in [5.41, 5.74) is 0.450. The summed E-state index contributed by atoms with van der Waals surface area (Å²) >= 11 is 4.70. The number of aromatic nitrogens is 1. The minimum atomic E-state index is -1.02. The maximum absolute atomic E-state index is 9.60. The molecule has 6 heteroatoms. The molecule has 4 nitrogen and oxygen atoms in total. The van der Waals surface area contributed by atoms with Crippen molar-refractivity contribution in [2.75, 3.05) is 5.32 Å². The maximum atomic E-state index is 9.60. The van der Waals surface area contributed by atoms with Crippen molar-refractivity contribution in [3.8, 4) is 0 Å². The number of nitrogens with zero attached hydrogens (tertiary/aromatic N) is 1. The average Bonchev–Trinajstić information content (AvgIpc) is 2.25. The van der Waals surface area contributed by atoms with Gasteiger partial charge in [-0.25, -0.2) is 4.98 Å². The second kappa shape index (κ2) is 4.78. The molecular weight excluding hydrogens is 280 g/mol. The average molecular weight is 295 g/mol. The van der Waals surface area contributed by atoms with Gasteiger partial charge in [0.2, 0.25) is 6.41 Å². The van der Waals surface area contributed by atoms with E-state index in [2.05, 4.69) is 26.2 Å². The van der Waals surface area contributed by atoms with Crippen molar-refractivity contribution >= 4 is 32.3 Å². The van der Waals surface area contributed by atoms with Gasteiger partial charge in [-0.05, 0) is 43.6 Å². The number of nitrogens with one attached hydrogen (secondary N) is 1. The highest BCUT2D eigenvalue weighted by Crippen LogP contribution is 2.28. The number of aliphatic hydroxyl groups is 1. The van der Waals surface area contributed by atoms with E-state index in [0.29, 0.717) is 0 Å². The largest absolute Gasteiger partial charge is 0.351 e. The second-order valence-electron chi connectivity index (χ2n) is 4.11. The van der Waals surface area contributed by atoms with Gasteiger partial charge < -0.3 is 15.2 Å². The summed E-state index contributed by atoms with van der Waals surface area (Å²) in [5, 5.41) is 13.3. The molecule has 0 saturated carbocycles. The fourth-order valence-corrected chi connectivity index (χ4v) is 2.43. The predicted octanol–water partition coefficient (Wildman–Crippen LogP) is 2.72. The highest BCUT2D eigenvalue weighted by molar-refractivity contribution is 9.11. The number of aliphatic hydroxyl groups excluding tert-OH is 1. The Bertz CT molecular complexity index is 335. The molecule has 0 saturated heterocycles. The normalized spacial score (nSPS) is 14.0. The van der Waals surface area contributed by atoms with E-state index in [-0.39, 0.29) is 5.60 Å². The Hall–Kier alpha value is -0.170. The Kier molecular flexibility index (Phi) is 4.11. The minimum Gasteiger partial charge on any atom is -0.351 e. The van der Waals surface area contributed by atoms with E-state index in [9.17, 15) is 5.11 Å². The standard InChI is InChI=1S/C9H15BrN2O2S/c1-5-6(15-7(10)11-5)12-8(13)14-9(2,3)4/h8,12-13H,1-4H3. The molecule has 0 aromatic carbocycles. The third kappa shape index (κ3) is 4.46. The molecule has 0 fully saturated rings. The van der Waals surface area contributed by atoms with E-state index in [4.69, 9.17) is 4.74 Å². The zero-order chi connectivity index (χ0) is 11.6. The highest BCUT2D eigenvalue weighted by Gasteiger charge is 2.17. The van der Waals surface area contributed by atoms with Crippen LogP contribution in [0.25, 0.3) is 0 Å². The lowest BCUT2D eigenvalue weighted by Gasteiger charge is -2.24. The third-order valence-electron chi connectivity index (χ3n) is 1.49. The Balaban J connectivity index is 2.58. The van der Waals surface area contributed by atoms with Gasteiger partial charge in [-0.15, -0.1) is 0 Å². The van der Waals surface area contributed by atoms with Crippen LogP contribution in [0.15, 0.2) is 3.92 Å². The van der Waals surface area contributed by atoms with E-state index in [0.717, 1.165) is 14.6 Å². The number of rotatable bonds is 3. The summed E-state index contributed by atoms with van der Waals surface area (Å²) < 4.78 is 6.10. The fraction of sp³-hybridized carbons (Fsp3) is 0.667. The third-order valence-corrected chi connectivity index (χ3v) is 3.03. The molecule has 0 aliphatic carbocycles. The molecule has 1 aromatic heterocycles. The minimum absolute atomic E-state index is 0.387. The molecule has 0 radical (unpaired) electrons. The molecule has 0 spiro atoms. The fourth-order valence-electron chi connectivity index (χ4n) is 0.974. The number of hydrogen-bond donors (Lipinski definition) is 2. The van der Waals surface area contributed by atoms with Crippen molar-refractivity contribution in [2.45, 2.75) is 39.7 Å². The summed E-state index contributed by atoms with van der Waals surface area (Å²) in [5.74, 6) is 0. The number of thiazole rings is 1. The van der Waals surface area contributed by atoms with Gasteiger partial charge in [0.25, 0.3) is 0 Å². The SMILES string of the molecule is Cc1nc(Br)sc1NC(O)OC(C)(C)C. The summed E-state index contributed by atoms with van der Waals surface area (Å²) in [6.07, 6.45) is -1.02. The van der Waals surface area contributed by atoms with E-state index in [1.165, 1.54) is 11.3 Å². The summed E-state index contributed by atoms with van der Waals surface area (Å²) in [7, 11) is 0. The number of halogens is 1. The molecule has 0 bridgehead atoms. The van der Waals surface area contributed by atoms with Crippen LogP contribution in [-0.2, 0) is 4.74 Å². The van der Waals surface area contributed by atoms with Crippen molar-refractivity contribution in [3.63, 3.8) is 0 Å². The zero-order valence-electron chi connectivity index (χ0n) is 9.17. The van der Waals surface area contributed by atoms with Crippen LogP contribution < -0.4 is 5.32 Å². The first kappa shape index (κ1) is 12.9. The van der Waals surface area contributed by atoms with E-state index in [1.54, 1.807) is 0 Å². The Morgan fingerprint density at radius 3 is 2.53 bits per heavy atom. The molecule has 86 valence electrons. The van der Waals surface area contributed by atoms with Crippen LogP contribution in [0.3, 0.4) is 0 Å². The summed E-state index contributed by atoms with van der Waals surface area (Å²) in [4.78, 5) is 4.17. The van der Waals surface area contributed by atoms with E-state index < -0.39 is 6.41 Å². The highest BCUT2D eigenvalue weighted by atomic mass is 79.9. The van der Waals surface area contributed by atoms with Crippen LogP contribution in [0.2, 0.25) is 0 Å². The van der Waals surface area contributed by atoms with Gasteiger partial charge in [0.05, 0.1) is 11.3 Å². The number of ether oxygens (including phenoxy) is 1. The van der Waals surface area contributed by atoms with Crippen LogP contribution in [0.5, 0.6) is 0 Å². The first-order valence-electron chi connectivity index (χ1n) is 4.53. The van der Waals surface area contributed by atoms with Gasteiger partial charge in [0, 0.05) is 0 Å². The predicted molar refractivity (Wildman–Crippen MR) is 65.0 cm³/mol. The lowest BCUT2D eigenvalue weighted by Crippen LogP contribution is -2.32. The molecule has 2 N–H and O–H groups in total. The lowest BCUT2D eigenvalue weighted by atomic mass is 10.2. The maximum Gasteiger partial charge on any atom is 0.236 e. The van der Waals surface area contributed by atoms with E-state index >= 15 is 0 Å². The Morgan fingerprint density at radius 1 is 1.53 bits per heavy atom. The van der Waals surface area contributed by atoms with Gasteiger partial charge in [-0.2, -0.15) is 0 Å². The molecule has 0 aliphatic rings. The molecule has 0 aliphatic heterocycles. The van der Waals surface area contributed by atoms with Crippen molar-refractivity contribution in [2.24, 2.45) is 0 Å². The van der Waals surface area contributed by atoms with Crippen LogP contribution in [0.4, 0.5) is 5.00 Å². The molecule has 1 heterocycles. The van der Waals surface area contributed by atoms with Crippen LogP contribution in [0.1, 0.15) is 26.5 Å². The quantitative estimate of drug-likeness (QED) is 0.842. The van der Waals surface area contributed by atoms with Crippen molar-refractivity contribution < 1.29 is 9.84 Å². The van der Waals surface area contributed by atoms with Crippen LogP contribution >= 0.6 is 27.3 Å². The second-order valence-corrected chi connectivity index (χ2v) is 6.38. The molecule has 1 unspecified atom stereocenters. The first-order chi connectivity index (χ1) is 6.78. The van der Waals surface area contributed by atoms with Gasteiger partial charge in [0.15, 0.2) is 3.92 Å². The molecule has 15 heavy (non-hydrogen) atoms. The molecule has 0 amide bonds. The molecular formula is C9H15BrN2O2S. The number of hydrogen-bond acceptors (Lipinski definition) is 5. The first-order valence-corrected chi connectivity index (χ1v) is 6.14. The van der Waals surface area contributed by atoms with Crippen molar-refractivity contribution in [1.29, 1.82) is 0 Å². The molecule has 1 rings (SSSR count).